The Hall–Kier alpha value is -2.89. The lowest BCUT2D eigenvalue weighted by atomic mass is 9.81. The topological polar surface area (TPSA) is 170 Å². The molecule has 4 N–H and O–H groups in total. The number of thiocarbonyl (C=S) groups is 1. The van der Waals surface area contributed by atoms with Gasteiger partial charge in [-0.05, 0) is 50.9 Å². The Morgan fingerprint density at radius 3 is 2.31 bits per heavy atom. The molecule has 2 unspecified atom stereocenters. The van der Waals surface area contributed by atoms with Crippen LogP contribution >= 0.6 is 12.2 Å². The van der Waals surface area contributed by atoms with E-state index in [1.54, 1.807) is 7.05 Å². The first-order valence-corrected chi connectivity index (χ1v) is 12.8. The maximum atomic E-state index is 12.7. The predicted molar refractivity (Wildman–Crippen MR) is 132 cm³/mol. The van der Waals surface area contributed by atoms with E-state index < -0.39 is 35.6 Å². The number of imide groups is 1. The van der Waals surface area contributed by atoms with Crippen LogP contribution in [0.2, 0.25) is 0 Å². The molecule has 2 rings (SSSR count). The molecule has 1 aliphatic carbocycles. The van der Waals surface area contributed by atoms with E-state index in [-0.39, 0.29) is 47.8 Å². The van der Waals surface area contributed by atoms with Crippen LogP contribution in [0, 0.1) is 23.7 Å². The maximum Gasteiger partial charge on any atom is 0.307 e. The number of carbonyl (C=O) groups is 6. The van der Waals surface area contributed by atoms with Crippen molar-refractivity contribution in [3.05, 3.63) is 0 Å². The van der Waals surface area contributed by atoms with Crippen LogP contribution in [0.3, 0.4) is 0 Å². The molecule has 36 heavy (non-hydrogen) atoms. The number of carboxylic acids is 2. The van der Waals surface area contributed by atoms with Gasteiger partial charge in [-0.1, -0.05) is 18.6 Å². The van der Waals surface area contributed by atoms with E-state index in [4.69, 9.17) is 17.3 Å². The van der Waals surface area contributed by atoms with Crippen LogP contribution in [0.5, 0.6) is 0 Å². The van der Waals surface area contributed by atoms with E-state index in [1.807, 2.05) is 0 Å². The second kappa shape index (κ2) is 14.0. The summed E-state index contributed by atoms with van der Waals surface area (Å²) >= 11 is 4.93. The first kappa shape index (κ1) is 29.3. The van der Waals surface area contributed by atoms with Gasteiger partial charge in [-0.25, -0.2) is 0 Å². The summed E-state index contributed by atoms with van der Waals surface area (Å²) in [6, 6.07) is 0. The fraction of sp³-hybridized carbons (Fsp3) is 0.708. The highest BCUT2D eigenvalue weighted by Crippen LogP contribution is 2.30. The van der Waals surface area contributed by atoms with E-state index in [1.165, 1.54) is 4.90 Å². The van der Waals surface area contributed by atoms with Crippen LogP contribution < -0.4 is 10.6 Å². The van der Waals surface area contributed by atoms with Crippen molar-refractivity contribution in [1.82, 2.24) is 15.5 Å². The van der Waals surface area contributed by atoms with Gasteiger partial charge in [0.15, 0.2) is 0 Å². The van der Waals surface area contributed by atoms with Crippen molar-refractivity contribution in [2.24, 2.45) is 23.7 Å². The minimum atomic E-state index is -1.22. The number of carboxylic acid groups (broad SMARTS) is 2. The molecule has 1 saturated heterocycles. The minimum Gasteiger partial charge on any atom is -0.481 e. The molecule has 0 aromatic rings. The number of nitrogens with one attached hydrogen (secondary N) is 2. The molecule has 0 aromatic heterocycles. The average Bonchev–Trinajstić information content (AvgIpc) is 3.06. The van der Waals surface area contributed by atoms with Gasteiger partial charge in [-0.3, -0.25) is 34.1 Å². The zero-order valence-electron chi connectivity index (χ0n) is 20.5. The Bertz CT molecular complexity index is 885. The molecule has 2 aliphatic rings. The molecule has 1 saturated carbocycles. The Kier molecular flexibility index (Phi) is 11.4. The predicted octanol–water partition coefficient (Wildman–Crippen LogP) is 1.14. The lowest BCUT2D eigenvalue weighted by Gasteiger charge is -2.31. The SMILES string of the molecule is CN(CC1CCC(C(=O)NCCCCCC(=O)O)CC1)C(=O)CC(CC1C(=O)NC(=O)C1=S)C(=O)O. The van der Waals surface area contributed by atoms with Crippen molar-refractivity contribution >= 4 is 52.6 Å². The highest BCUT2D eigenvalue weighted by molar-refractivity contribution is 7.82. The number of unbranched alkanes of at least 4 members (excludes halogenated alkanes) is 2. The Labute approximate surface area is 215 Å². The molecule has 200 valence electrons. The summed E-state index contributed by atoms with van der Waals surface area (Å²) in [5.41, 5.74) is 0. The number of aliphatic carboxylic acids is 2. The Balaban J connectivity index is 1.72. The molecule has 0 radical (unpaired) electrons. The molecule has 12 heteroatoms. The monoisotopic (exact) mass is 525 g/mol. The summed E-state index contributed by atoms with van der Waals surface area (Å²) in [6.07, 6.45) is 4.69. The summed E-state index contributed by atoms with van der Waals surface area (Å²) in [6.45, 7) is 0.978. The Morgan fingerprint density at radius 1 is 1.08 bits per heavy atom. The smallest absolute Gasteiger partial charge is 0.307 e. The third kappa shape index (κ3) is 8.96. The van der Waals surface area contributed by atoms with Crippen LogP contribution in [-0.4, -0.2) is 75.7 Å². The van der Waals surface area contributed by atoms with Crippen molar-refractivity contribution in [1.29, 1.82) is 0 Å². The summed E-state index contributed by atoms with van der Waals surface area (Å²) in [7, 11) is 1.61. The molecule has 2 fully saturated rings. The van der Waals surface area contributed by atoms with Gasteiger partial charge in [0.25, 0.3) is 5.91 Å². The van der Waals surface area contributed by atoms with Crippen LogP contribution in [0.1, 0.15) is 64.2 Å². The number of amides is 4. The highest BCUT2D eigenvalue weighted by Gasteiger charge is 2.40. The second-order valence-corrected chi connectivity index (χ2v) is 10.1. The summed E-state index contributed by atoms with van der Waals surface area (Å²) in [5, 5.41) is 23.2. The summed E-state index contributed by atoms with van der Waals surface area (Å²) in [5.74, 6) is -5.74. The molecule has 0 bridgehead atoms. The van der Waals surface area contributed by atoms with Crippen molar-refractivity contribution in [3.8, 4) is 0 Å². The first-order chi connectivity index (χ1) is 17.0. The first-order valence-electron chi connectivity index (χ1n) is 12.3. The normalized spacial score (nSPS) is 22.6. The molecule has 11 nitrogen and oxygen atoms in total. The second-order valence-electron chi connectivity index (χ2n) is 9.70. The Morgan fingerprint density at radius 2 is 1.75 bits per heavy atom. The number of carbonyl (C=O) groups excluding carboxylic acids is 4. The van der Waals surface area contributed by atoms with E-state index in [0.29, 0.717) is 32.4 Å². The third-order valence-electron chi connectivity index (χ3n) is 6.93. The van der Waals surface area contributed by atoms with Crippen molar-refractivity contribution in [2.75, 3.05) is 20.1 Å². The van der Waals surface area contributed by atoms with Gasteiger partial charge in [0, 0.05) is 38.9 Å². The van der Waals surface area contributed by atoms with Gasteiger partial charge >= 0.3 is 11.9 Å². The molecule has 0 aromatic carbocycles. The van der Waals surface area contributed by atoms with Gasteiger partial charge in [0.2, 0.25) is 17.7 Å². The highest BCUT2D eigenvalue weighted by atomic mass is 32.1. The molecule has 1 aliphatic heterocycles. The minimum absolute atomic E-state index is 0.00719. The molecule has 0 spiro atoms. The number of rotatable bonds is 14. The molecular formula is C24H35N3O8S. The van der Waals surface area contributed by atoms with Gasteiger partial charge in [0.1, 0.15) is 0 Å². The van der Waals surface area contributed by atoms with E-state index >= 15 is 0 Å². The van der Waals surface area contributed by atoms with E-state index in [9.17, 15) is 33.9 Å². The fourth-order valence-corrected chi connectivity index (χ4v) is 4.96. The van der Waals surface area contributed by atoms with E-state index in [2.05, 4.69) is 10.6 Å². The van der Waals surface area contributed by atoms with Crippen LogP contribution in [0.4, 0.5) is 0 Å². The number of nitrogens with zero attached hydrogens (tertiary/aromatic N) is 1. The largest absolute Gasteiger partial charge is 0.481 e. The summed E-state index contributed by atoms with van der Waals surface area (Å²) < 4.78 is 0. The van der Waals surface area contributed by atoms with Gasteiger partial charge in [0.05, 0.1) is 16.7 Å². The van der Waals surface area contributed by atoms with Crippen molar-refractivity contribution in [2.45, 2.75) is 64.2 Å². The maximum absolute atomic E-state index is 12.7. The zero-order chi connectivity index (χ0) is 26.8. The van der Waals surface area contributed by atoms with Crippen LogP contribution in [0.25, 0.3) is 0 Å². The third-order valence-corrected chi connectivity index (χ3v) is 7.40. The summed E-state index contributed by atoms with van der Waals surface area (Å²) in [4.78, 5) is 72.0. The van der Waals surface area contributed by atoms with Crippen molar-refractivity contribution in [3.63, 3.8) is 0 Å². The van der Waals surface area contributed by atoms with Gasteiger partial charge < -0.3 is 20.4 Å². The average molecular weight is 526 g/mol. The lowest BCUT2D eigenvalue weighted by Crippen LogP contribution is -2.38. The fourth-order valence-electron chi connectivity index (χ4n) is 4.70. The number of hydrogen-bond acceptors (Lipinski definition) is 7. The van der Waals surface area contributed by atoms with Crippen LogP contribution in [0.15, 0.2) is 0 Å². The lowest BCUT2D eigenvalue weighted by molar-refractivity contribution is -0.146. The molecular weight excluding hydrogens is 490 g/mol. The molecule has 1 heterocycles. The van der Waals surface area contributed by atoms with Gasteiger partial charge in [-0.15, -0.1) is 0 Å². The molecule has 4 amide bonds. The number of hydrogen-bond donors (Lipinski definition) is 4. The van der Waals surface area contributed by atoms with Crippen molar-refractivity contribution < 1.29 is 39.0 Å². The standard InChI is InChI=1S/C24H35N3O8S/c1-27(18(28)12-16(24(34)35)11-17-20(36)23(33)26-22(17)32)13-14-6-8-15(9-7-14)21(31)25-10-4-2-3-5-19(29)30/h14-17H,2-13H2,1H3,(H,25,31)(H,29,30)(H,34,35)(H,26,32,33). The zero-order valence-corrected chi connectivity index (χ0v) is 21.3. The van der Waals surface area contributed by atoms with Gasteiger partial charge in [-0.2, -0.15) is 0 Å². The quantitative estimate of drug-likeness (QED) is 0.147. The van der Waals surface area contributed by atoms with E-state index in [0.717, 1.165) is 25.7 Å². The van der Waals surface area contributed by atoms with Crippen LogP contribution in [-0.2, 0) is 28.8 Å². The molecule has 2 atom stereocenters.